The highest BCUT2D eigenvalue weighted by Crippen LogP contribution is 2.12. The Morgan fingerprint density at radius 1 is 1.22 bits per heavy atom. The summed E-state index contributed by atoms with van der Waals surface area (Å²) in [4.78, 5) is 13.5. The minimum Gasteiger partial charge on any atom is -0.444 e. The van der Waals surface area contributed by atoms with E-state index in [2.05, 4.69) is 0 Å². The monoisotopic (exact) mass is 251 g/mol. The lowest BCUT2D eigenvalue weighted by molar-refractivity contribution is -0.00553. The molecule has 0 aliphatic carbocycles. The molecule has 18 heavy (non-hydrogen) atoms. The molecule has 1 rings (SSSR count). The second-order valence-corrected chi connectivity index (χ2v) is 5.08. The summed E-state index contributed by atoms with van der Waals surface area (Å²) in [5.41, 5.74) is 0.542. The van der Waals surface area contributed by atoms with E-state index in [0.717, 1.165) is 5.56 Å². The molecule has 0 saturated heterocycles. The van der Waals surface area contributed by atoms with E-state index in [-0.39, 0.29) is 12.8 Å². The molecule has 0 unspecified atom stereocenters. The number of ether oxygens (including phenoxy) is 2. The van der Waals surface area contributed by atoms with Gasteiger partial charge in [-0.15, -0.1) is 0 Å². The Kier molecular flexibility index (Phi) is 5.16. The molecular formula is C14H21NO3. The number of carbonyl (C=O) groups is 1. The van der Waals surface area contributed by atoms with Crippen molar-refractivity contribution in [2.24, 2.45) is 0 Å². The van der Waals surface area contributed by atoms with Crippen molar-refractivity contribution in [1.82, 2.24) is 4.90 Å². The van der Waals surface area contributed by atoms with E-state index in [4.69, 9.17) is 9.47 Å². The lowest BCUT2D eigenvalue weighted by Crippen LogP contribution is -2.37. The van der Waals surface area contributed by atoms with Crippen LogP contribution in [0.5, 0.6) is 0 Å². The van der Waals surface area contributed by atoms with Crippen LogP contribution in [0.1, 0.15) is 26.3 Å². The fourth-order valence-corrected chi connectivity index (χ4v) is 1.45. The maximum Gasteiger partial charge on any atom is 0.412 e. The molecule has 0 spiro atoms. The van der Waals surface area contributed by atoms with Gasteiger partial charge in [0, 0.05) is 7.11 Å². The van der Waals surface area contributed by atoms with Crippen LogP contribution in [-0.4, -0.2) is 30.4 Å². The first-order valence-electron chi connectivity index (χ1n) is 5.93. The van der Waals surface area contributed by atoms with Gasteiger partial charge in [-0.1, -0.05) is 30.3 Å². The Morgan fingerprint density at radius 2 is 1.83 bits per heavy atom. The molecule has 1 aromatic rings. The number of nitrogens with zero attached hydrogens (tertiary/aromatic N) is 1. The summed E-state index contributed by atoms with van der Waals surface area (Å²) in [5.74, 6) is 0. The van der Waals surface area contributed by atoms with Gasteiger partial charge in [0.05, 0.1) is 6.54 Å². The van der Waals surface area contributed by atoms with Crippen molar-refractivity contribution in [2.75, 3.05) is 13.8 Å². The van der Waals surface area contributed by atoms with Gasteiger partial charge in [0.1, 0.15) is 12.3 Å². The van der Waals surface area contributed by atoms with Crippen molar-refractivity contribution in [1.29, 1.82) is 0 Å². The number of methoxy groups -OCH3 is 1. The van der Waals surface area contributed by atoms with Crippen molar-refractivity contribution in [3.8, 4) is 0 Å². The van der Waals surface area contributed by atoms with E-state index in [9.17, 15) is 4.79 Å². The molecule has 0 aromatic heterocycles. The lowest BCUT2D eigenvalue weighted by Gasteiger charge is -2.26. The molecule has 0 radical (unpaired) electrons. The topological polar surface area (TPSA) is 38.8 Å². The normalized spacial score (nSPS) is 11.1. The average Bonchev–Trinajstić information content (AvgIpc) is 2.27. The Hall–Kier alpha value is -1.55. The predicted octanol–water partition coefficient (Wildman–Crippen LogP) is 3.03. The van der Waals surface area contributed by atoms with Crippen LogP contribution in [0.2, 0.25) is 0 Å². The Morgan fingerprint density at radius 3 is 2.33 bits per heavy atom. The van der Waals surface area contributed by atoms with Gasteiger partial charge in [0.2, 0.25) is 0 Å². The number of carbonyl (C=O) groups excluding carboxylic acids is 1. The summed E-state index contributed by atoms with van der Waals surface area (Å²) in [6.07, 6.45) is -0.367. The van der Waals surface area contributed by atoms with Gasteiger partial charge in [0.15, 0.2) is 0 Å². The number of hydrogen-bond acceptors (Lipinski definition) is 3. The highest BCUT2D eigenvalue weighted by Gasteiger charge is 2.22. The van der Waals surface area contributed by atoms with Gasteiger partial charge in [-0.2, -0.15) is 0 Å². The Balaban J connectivity index is 2.68. The van der Waals surface area contributed by atoms with Crippen molar-refractivity contribution >= 4 is 6.09 Å². The zero-order chi connectivity index (χ0) is 13.6. The third kappa shape index (κ3) is 5.19. The zero-order valence-electron chi connectivity index (χ0n) is 11.5. The number of amides is 1. The average molecular weight is 251 g/mol. The third-order valence-electron chi connectivity index (χ3n) is 2.15. The maximum atomic E-state index is 12.0. The molecule has 0 atom stereocenters. The maximum absolute atomic E-state index is 12.0. The minimum absolute atomic E-state index is 0.212. The SMILES string of the molecule is COCN(Cc1ccccc1)C(=O)OC(C)(C)C. The summed E-state index contributed by atoms with van der Waals surface area (Å²) >= 11 is 0. The van der Waals surface area contributed by atoms with E-state index in [1.165, 1.54) is 4.90 Å². The molecular weight excluding hydrogens is 230 g/mol. The minimum atomic E-state index is -0.500. The quantitative estimate of drug-likeness (QED) is 0.772. The van der Waals surface area contributed by atoms with Crippen LogP contribution >= 0.6 is 0 Å². The van der Waals surface area contributed by atoms with Crippen molar-refractivity contribution < 1.29 is 14.3 Å². The summed E-state index contributed by atoms with van der Waals surface area (Å²) in [5, 5.41) is 0. The van der Waals surface area contributed by atoms with Crippen molar-refractivity contribution in [3.63, 3.8) is 0 Å². The van der Waals surface area contributed by atoms with E-state index >= 15 is 0 Å². The number of rotatable bonds is 4. The van der Waals surface area contributed by atoms with E-state index in [1.54, 1.807) is 7.11 Å². The van der Waals surface area contributed by atoms with Crippen LogP contribution in [-0.2, 0) is 16.0 Å². The summed E-state index contributed by atoms with van der Waals surface area (Å²) in [6, 6.07) is 9.75. The third-order valence-corrected chi connectivity index (χ3v) is 2.15. The van der Waals surface area contributed by atoms with Crippen LogP contribution in [0.4, 0.5) is 4.79 Å². The van der Waals surface area contributed by atoms with Gasteiger partial charge >= 0.3 is 6.09 Å². The zero-order valence-corrected chi connectivity index (χ0v) is 11.5. The second-order valence-electron chi connectivity index (χ2n) is 5.08. The van der Waals surface area contributed by atoms with E-state index < -0.39 is 5.60 Å². The summed E-state index contributed by atoms with van der Waals surface area (Å²) in [6.45, 7) is 6.22. The Bertz CT molecular complexity index is 370. The lowest BCUT2D eigenvalue weighted by atomic mass is 10.2. The molecule has 0 aliphatic heterocycles. The Labute approximate surface area is 108 Å². The highest BCUT2D eigenvalue weighted by atomic mass is 16.6. The van der Waals surface area contributed by atoms with Gasteiger partial charge in [-0.3, -0.25) is 4.90 Å². The first-order chi connectivity index (χ1) is 8.42. The van der Waals surface area contributed by atoms with Crippen LogP contribution in [0.25, 0.3) is 0 Å². The number of benzene rings is 1. The largest absolute Gasteiger partial charge is 0.444 e. The van der Waals surface area contributed by atoms with Crippen LogP contribution in [0.3, 0.4) is 0 Å². The molecule has 0 N–H and O–H groups in total. The molecule has 1 amide bonds. The first-order valence-corrected chi connectivity index (χ1v) is 5.93. The highest BCUT2D eigenvalue weighted by molar-refractivity contribution is 5.68. The first kappa shape index (κ1) is 14.5. The number of hydrogen-bond donors (Lipinski definition) is 0. The summed E-state index contributed by atoms with van der Waals surface area (Å²) in [7, 11) is 1.56. The van der Waals surface area contributed by atoms with Crippen molar-refractivity contribution in [3.05, 3.63) is 35.9 Å². The van der Waals surface area contributed by atoms with Gasteiger partial charge in [-0.05, 0) is 26.3 Å². The molecule has 0 fully saturated rings. The fraction of sp³-hybridized carbons (Fsp3) is 0.500. The van der Waals surface area contributed by atoms with Gasteiger partial charge in [-0.25, -0.2) is 4.79 Å². The smallest absolute Gasteiger partial charge is 0.412 e. The molecule has 0 heterocycles. The second kappa shape index (κ2) is 6.40. The molecule has 0 saturated carbocycles. The molecule has 1 aromatic carbocycles. The fourth-order valence-electron chi connectivity index (χ4n) is 1.45. The van der Waals surface area contributed by atoms with E-state index in [1.807, 2.05) is 51.1 Å². The molecule has 0 aliphatic rings. The van der Waals surface area contributed by atoms with Gasteiger partial charge in [0.25, 0.3) is 0 Å². The van der Waals surface area contributed by atoms with Gasteiger partial charge < -0.3 is 9.47 Å². The molecule has 0 bridgehead atoms. The van der Waals surface area contributed by atoms with E-state index in [0.29, 0.717) is 6.54 Å². The molecule has 4 heteroatoms. The van der Waals surface area contributed by atoms with Crippen LogP contribution < -0.4 is 0 Å². The predicted molar refractivity (Wildman–Crippen MR) is 70.1 cm³/mol. The van der Waals surface area contributed by atoms with Crippen molar-refractivity contribution in [2.45, 2.75) is 32.9 Å². The van der Waals surface area contributed by atoms with Crippen LogP contribution in [0.15, 0.2) is 30.3 Å². The molecule has 4 nitrogen and oxygen atoms in total. The summed E-state index contributed by atoms with van der Waals surface area (Å²) < 4.78 is 10.4. The van der Waals surface area contributed by atoms with Crippen LogP contribution in [0, 0.1) is 0 Å². The standard InChI is InChI=1S/C14H21NO3/c1-14(2,3)18-13(16)15(11-17-4)10-12-8-6-5-7-9-12/h5-9H,10-11H2,1-4H3. The molecule has 100 valence electrons.